The molecule has 0 spiro atoms. The summed E-state index contributed by atoms with van der Waals surface area (Å²) < 4.78 is 2.81. The zero-order valence-electron chi connectivity index (χ0n) is 12.2. The highest BCUT2D eigenvalue weighted by Crippen LogP contribution is 2.11. The molecule has 0 unspecified atom stereocenters. The Balaban J connectivity index is 1.95. The molecule has 0 bridgehead atoms. The summed E-state index contributed by atoms with van der Waals surface area (Å²) in [4.78, 5) is 8.74. The molecule has 2 aromatic rings. The van der Waals surface area contributed by atoms with Gasteiger partial charge in [0.05, 0.1) is 13.1 Å². The lowest BCUT2D eigenvalue weighted by Crippen LogP contribution is -2.37. The Kier molecular flexibility index (Phi) is 5.74. The zero-order chi connectivity index (χ0) is 15.1. The predicted molar refractivity (Wildman–Crippen MR) is 86.8 cm³/mol. The van der Waals surface area contributed by atoms with E-state index in [-0.39, 0.29) is 0 Å². The van der Waals surface area contributed by atoms with Crippen LogP contribution in [-0.4, -0.2) is 27.3 Å². The van der Waals surface area contributed by atoms with Gasteiger partial charge >= 0.3 is 0 Å². The van der Waals surface area contributed by atoms with Crippen LogP contribution in [-0.2, 0) is 20.1 Å². The zero-order valence-corrected chi connectivity index (χ0v) is 13.8. The fourth-order valence-electron chi connectivity index (χ4n) is 1.74. The first kappa shape index (κ1) is 15.5. The molecule has 21 heavy (non-hydrogen) atoms. The molecule has 0 fully saturated rings. The van der Waals surface area contributed by atoms with E-state index in [4.69, 9.17) is 0 Å². The van der Waals surface area contributed by atoms with Crippen LogP contribution in [0.4, 0.5) is 0 Å². The molecule has 0 aliphatic heterocycles. The summed E-state index contributed by atoms with van der Waals surface area (Å²) in [5.74, 6) is 1.63. The van der Waals surface area contributed by atoms with Crippen molar-refractivity contribution in [3.63, 3.8) is 0 Å². The second-order valence-electron chi connectivity index (χ2n) is 4.48. The molecule has 112 valence electrons. The van der Waals surface area contributed by atoms with Crippen molar-refractivity contribution < 1.29 is 0 Å². The molecule has 0 aliphatic rings. The summed E-state index contributed by atoms with van der Waals surface area (Å²) in [6.07, 6.45) is 1.54. The molecule has 2 N–H and O–H groups in total. The Morgan fingerprint density at radius 1 is 1.29 bits per heavy atom. The van der Waals surface area contributed by atoms with Crippen LogP contribution in [0.25, 0.3) is 0 Å². The molecule has 0 aliphatic carbocycles. The molecule has 1 heterocycles. The van der Waals surface area contributed by atoms with Gasteiger partial charge in [-0.15, -0.1) is 0 Å². The SMILES string of the molecule is CCNC(=NCc1ccc(Br)cc1)NCc1ncnn1C. The quantitative estimate of drug-likeness (QED) is 0.637. The first-order valence-corrected chi connectivity index (χ1v) is 7.58. The third-order valence-corrected chi connectivity index (χ3v) is 3.42. The van der Waals surface area contributed by atoms with Crippen molar-refractivity contribution in [1.82, 2.24) is 25.4 Å². The standard InChI is InChI=1S/C14H19BrN6/c1-3-16-14(18-9-13-19-10-20-21(13)2)17-8-11-4-6-12(15)7-5-11/h4-7,10H,3,8-9H2,1-2H3,(H2,16,17,18). The number of aromatic nitrogens is 3. The van der Waals surface area contributed by atoms with Gasteiger partial charge in [-0.3, -0.25) is 4.68 Å². The maximum absolute atomic E-state index is 4.56. The minimum Gasteiger partial charge on any atom is -0.357 e. The van der Waals surface area contributed by atoms with Crippen molar-refractivity contribution in [3.8, 4) is 0 Å². The number of hydrogen-bond acceptors (Lipinski definition) is 3. The molecule has 2 rings (SSSR count). The van der Waals surface area contributed by atoms with Crippen LogP contribution in [0, 0.1) is 0 Å². The topological polar surface area (TPSA) is 67.1 Å². The normalized spacial score (nSPS) is 11.5. The molecule has 0 saturated carbocycles. The van der Waals surface area contributed by atoms with E-state index < -0.39 is 0 Å². The number of guanidine groups is 1. The number of halogens is 1. The van der Waals surface area contributed by atoms with E-state index in [9.17, 15) is 0 Å². The molecule has 1 aromatic carbocycles. The van der Waals surface area contributed by atoms with E-state index in [1.54, 1.807) is 11.0 Å². The summed E-state index contributed by atoms with van der Waals surface area (Å²) in [5, 5.41) is 10.5. The Labute approximate surface area is 132 Å². The van der Waals surface area contributed by atoms with Gasteiger partial charge in [0.25, 0.3) is 0 Å². The van der Waals surface area contributed by atoms with Crippen LogP contribution >= 0.6 is 15.9 Å². The van der Waals surface area contributed by atoms with Crippen LogP contribution < -0.4 is 10.6 Å². The van der Waals surface area contributed by atoms with Crippen molar-refractivity contribution in [2.45, 2.75) is 20.0 Å². The number of nitrogens with one attached hydrogen (secondary N) is 2. The average Bonchev–Trinajstić information content (AvgIpc) is 2.89. The van der Waals surface area contributed by atoms with Gasteiger partial charge in [-0.05, 0) is 24.6 Å². The molecule has 0 radical (unpaired) electrons. The van der Waals surface area contributed by atoms with E-state index in [0.717, 1.165) is 28.4 Å². The fourth-order valence-corrected chi connectivity index (χ4v) is 2.01. The lowest BCUT2D eigenvalue weighted by molar-refractivity contribution is 0.673. The van der Waals surface area contributed by atoms with Gasteiger partial charge in [0.2, 0.25) is 0 Å². The third-order valence-electron chi connectivity index (χ3n) is 2.90. The van der Waals surface area contributed by atoms with Gasteiger partial charge in [-0.25, -0.2) is 9.98 Å². The summed E-state index contributed by atoms with van der Waals surface area (Å²) >= 11 is 3.43. The molecule has 0 atom stereocenters. The van der Waals surface area contributed by atoms with Gasteiger partial charge < -0.3 is 10.6 Å². The summed E-state index contributed by atoms with van der Waals surface area (Å²) in [6.45, 7) is 4.06. The minimum atomic E-state index is 0.586. The second-order valence-corrected chi connectivity index (χ2v) is 5.39. The van der Waals surface area contributed by atoms with Crippen molar-refractivity contribution in [3.05, 3.63) is 46.5 Å². The molecule has 0 saturated heterocycles. The van der Waals surface area contributed by atoms with Crippen LogP contribution in [0.2, 0.25) is 0 Å². The van der Waals surface area contributed by atoms with Crippen LogP contribution in [0.1, 0.15) is 18.3 Å². The van der Waals surface area contributed by atoms with E-state index in [1.165, 1.54) is 0 Å². The monoisotopic (exact) mass is 350 g/mol. The van der Waals surface area contributed by atoms with Gasteiger partial charge in [0.1, 0.15) is 12.2 Å². The van der Waals surface area contributed by atoms with Crippen molar-refractivity contribution in [2.24, 2.45) is 12.0 Å². The number of aryl methyl sites for hydroxylation is 1. The molecular weight excluding hydrogens is 332 g/mol. The maximum atomic E-state index is 4.56. The Morgan fingerprint density at radius 3 is 2.67 bits per heavy atom. The van der Waals surface area contributed by atoms with Crippen molar-refractivity contribution >= 4 is 21.9 Å². The number of rotatable bonds is 5. The van der Waals surface area contributed by atoms with Gasteiger partial charge in [-0.2, -0.15) is 5.10 Å². The lowest BCUT2D eigenvalue weighted by atomic mass is 10.2. The summed E-state index contributed by atoms with van der Waals surface area (Å²) in [5.41, 5.74) is 1.16. The Hall–Kier alpha value is -1.89. The highest BCUT2D eigenvalue weighted by molar-refractivity contribution is 9.10. The van der Waals surface area contributed by atoms with Crippen molar-refractivity contribution in [1.29, 1.82) is 0 Å². The smallest absolute Gasteiger partial charge is 0.191 e. The third kappa shape index (κ3) is 4.86. The molecule has 6 nitrogen and oxygen atoms in total. The van der Waals surface area contributed by atoms with Crippen molar-refractivity contribution in [2.75, 3.05) is 6.54 Å². The number of nitrogens with zero attached hydrogens (tertiary/aromatic N) is 4. The van der Waals surface area contributed by atoms with E-state index in [0.29, 0.717) is 13.1 Å². The van der Waals surface area contributed by atoms with Gasteiger partial charge in [-0.1, -0.05) is 28.1 Å². The minimum absolute atomic E-state index is 0.586. The number of aliphatic imine (C=N–C) groups is 1. The molecule has 1 aromatic heterocycles. The van der Waals surface area contributed by atoms with E-state index >= 15 is 0 Å². The van der Waals surface area contributed by atoms with Crippen LogP contribution in [0.3, 0.4) is 0 Å². The number of hydrogen-bond donors (Lipinski definition) is 2. The summed E-state index contributed by atoms with van der Waals surface area (Å²) in [6, 6.07) is 8.15. The summed E-state index contributed by atoms with van der Waals surface area (Å²) in [7, 11) is 1.87. The van der Waals surface area contributed by atoms with Gasteiger partial charge in [0.15, 0.2) is 5.96 Å². The lowest BCUT2D eigenvalue weighted by Gasteiger charge is -2.10. The highest BCUT2D eigenvalue weighted by atomic mass is 79.9. The predicted octanol–water partition coefficient (Wildman–Crippen LogP) is 1.83. The molecule has 0 amide bonds. The average molecular weight is 351 g/mol. The second kappa shape index (κ2) is 7.78. The number of benzene rings is 1. The largest absolute Gasteiger partial charge is 0.357 e. The molecular formula is C14H19BrN6. The fraction of sp³-hybridized carbons (Fsp3) is 0.357. The first-order valence-electron chi connectivity index (χ1n) is 6.78. The van der Waals surface area contributed by atoms with Gasteiger partial charge in [0, 0.05) is 18.1 Å². The van der Waals surface area contributed by atoms with E-state index in [1.807, 2.05) is 26.1 Å². The highest BCUT2D eigenvalue weighted by Gasteiger charge is 2.02. The molecule has 7 heteroatoms. The first-order chi connectivity index (χ1) is 10.2. The van der Waals surface area contributed by atoms with Crippen LogP contribution in [0.5, 0.6) is 0 Å². The Morgan fingerprint density at radius 2 is 2.05 bits per heavy atom. The van der Waals surface area contributed by atoms with E-state index in [2.05, 4.69) is 53.8 Å². The Bertz CT molecular complexity index is 590. The van der Waals surface area contributed by atoms with Crippen LogP contribution in [0.15, 0.2) is 40.1 Å². The maximum Gasteiger partial charge on any atom is 0.191 e.